The van der Waals surface area contributed by atoms with Gasteiger partial charge in [-0.05, 0) is 94.6 Å². The van der Waals surface area contributed by atoms with Crippen LogP contribution in [0.2, 0.25) is 13.1 Å². The van der Waals surface area contributed by atoms with Crippen molar-refractivity contribution >= 4 is 25.1 Å². The summed E-state index contributed by atoms with van der Waals surface area (Å²) in [5.74, 6) is 1.37. The Morgan fingerprint density at radius 1 is 0.972 bits per heavy atom. The highest BCUT2D eigenvalue weighted by molar-refractivity contribution is 6.81. The van der Waals surface area contributed by atoms with Crippen LogP contribution in [0.5, 0.6) is 0 Å². The number of hydrogen-bond acceptors (Lipinski definition) is 2. The molecule has 2 aromatic carbocycles. The quantitative estimate of drug-likeness (QED) is 0.218. The van der Waals surface area contributed by atoms with Gasteiger partial charge in [0.25, 0.3) is 5.82 Å². The monoisotopic (exact) mass is 500 g/mol. The number of hydrogen-bond donors (Lipinski definition) is 0. The van der Waals surface area contributed by atoms with Crippen molar-refractivity contribution in [3.05, 3.63) is 59.7 Å². The van der Waals surface area contributed by atoms with Gasteiger partial charge in [0.2, 0.25) is 0 Å². The number of allylic oxidation sites excluding steroid dienone is 1. The lowest BCUT2D eigenvalue weighted by Gasteiger charge is -2.50. The molecule has 190 valence electrons. The third-order valence-corrected chi connectivity index (χ3v) is 13.8. The number of benzene rings is 2. The summed E-state index contributed by atoms with van der Waals surface area (Å²) >= 11 is 0. The van der Waals surface area contributed by atoms with Crippen LogP contribution >= 0.6 is 0 Å². The molecule has 3 aliphatic rings. The minimum absolute atomic E-state index is 0.0835. The fourth-order valence-corrected chi connectivity index (χ4v) is 10.7. The van der Waals surface area contributed by atoms with Crippen molar-refractivity contribution in [2.45, 2.75) is 96.6 Å². The van der Waals surface area contributed by atoms with E-state index in [9.17, 15) is 0 Å². The Balaban J connectivity index is 1.91. The molecule has 2 unspecified atom stereocenters. The third kappa shape index (κ3) is 2.38. The molecule has 4 nitrogen and oxygen atoms in total. The van der Waals surface area contributed by atoms with Crippen LogP contribution in [-0.4, -0.2) is 19.7 Å². The maximum atomic E-state index is 6.64. The Morgan fingerprint density at radius 3 is 2.19 bits per heavy atom. The third-order valence-electron chi connectivity index (χ3n) is 10.4. The summed E-state index contributed by atoms with van der Waals surface area (Å²) in [6, 6.07) is 11.9. The van der Waals surface area contributed by atoms with E-state index in [0.29, 0.717) is 0 Å². The predicted molar refractivity (Wildman–Crippen MR) is 152 cm³/mol. The van der Waals surface area contributed by atoms with Gasteiger partial charge >= 0.3 is 8.40 Å². The summed E-state index contributed by atoms with van der Waals surface area (Å²) in [6.07, 6.45) is 4.29. The van der Waals surface area contributed by atoms with Crippen LogP contribution in [0.25, 0.3) is 22.4 Å². The van der Waals surface area contributed by atoms with Crippen molar-refractivity contribution in [2.75, 3.05) is 11.6 Å². The van der Waals surface area contributed by atoms with E-state index in [2.05, 4.69) is 125 Å². The first kappa shape index (κ1) is 24.0. The molecule has 5 heteroatoms. The second-order valence-electron chi connectivity index (χ2n) is 12.9. The first-order valence-corrected chi connectivity index (χ1v) is 16.5. The van der Waals surface area contributed by atoms with Gasteiger partial charge in [-0.1, -0.05) is 39.5 Å². The second kappa shape index (κ2) is 6.73. The molecule has 3 aliphatic heterocycles. The summed E-state index contributed by atoms with van der Waals surface area (Å²) < 4.78 is 14.7. The van der Waals surface area contributed by atoms with Gasteiger partial charge in [-0.3, -0.25) is 4.23 Å². The SMILES string of the molecule is C=CC1(CC)[n+]2c3n(c4cc5c(cc42)C(C)(C)OC5(C)C)[Si](C)(C)N(C)c2cccc(c2-3)C1(C)CC. The van der Waals surface area contributed by atoms with E-state index >= 15 is 0 Å². The lowest BCUT2D eigenvalue weighted by molar-refractivity contribution is -0.733. The maximum Gasteiger partial charge on any atom is 0.370 e. The molecular weight excluding hydrogens is 458 g/mol. The topological polar surface area (TPSA) is 21.3 Å². The van der Waals surface area contributed by atoms with Gasteiger partial charge < -0.3 is 9.30 Å². The summed E-state index contributed by atoms with van der Waals surface area (Å²) in [6.45, 7) is 25.5. The fraction of sp³-hybridized carbons (Fsp3) is 0.516. The van der Waals surface area contributed by atoms with Gasteiger partial charge in [-0.15, -0.1) is 0 Å². The van der Waals surface area contributed by atoms with Crippen molar-refractivity contribution < 1.29 is 9.30 Å². The van der Waals surface area contributed by atoms with E-state index in [1.165, 1.54) is 44.8 Å². The number of aromatic nitrogens is 2. The first-order valence-electron chi connectivity index (χ1n) is 13.6. The summed E-state index contributed by atoms with van der Waals surface area (Å²) in [5.41, 5.74) is 8.55. The van der Waals surface area contributed by atoms with Crippen LogP contribution in [0.4, 0.5) is 5.69 Å². The molecule has 3 aromatic rings. The highest BCUT2D eigenvalue weighted by Gasteiger charge is 2.62. The molecular formula is C31H42N3OSi+. The molecule has 0 spiro atoms. The Morgan fingerprint density at radius 2 is 1.61 bits per heavy atom. The van der Waals surface area contributed by atoms with Crippen LogP contribution in [0.15, 0.2) is 43.0 Å². The van der Waals surface area contributed by atoms with Crippen molar-refractivity contribution in [2.24, 2.45) is 0 Å². The molecule has 0 aliphatic carbocycles. The largest absolute Gasteiger partial charge is 0.370 e. The molecule has 6 rings (SSSR count). The number of fused-ring (bicyclic) bond motifs is 4. The zero-order valence-corrected chi connectivity index (χ0v) is 24.8. The van der Waals surface area contributed by atoms with Crippen molar-refractivity contribution in [1.29, 1.82) is 0 Å². The van der Waals surface area contributed by atoms with E-state index in [1.54, 1.807) is 0 Å². The smallest absolute Gasteiger partial charge is 0.365 e. The maximum absolute atomic E-state index is 6.64. The lowest BCUT2D eigenvalue weighted by atomic mass is 9.60. The Hall–Kier alpha value is -2.37. The second-order valence-corrected chi connectivity index (χ2v) is 17.0. The van der Waals surface area contributed by atoms with E-state index in [4.69, 9.17) is 4.74 Å². The van der Waals surface area contributed by atoms with Gasteiger partial charge in [-0.25, -0.2) is 4.57 Å². The molecule has 36 heavy (non-hydrogen) atoms. The number of nitrogens with zero attached hydrogens (tertiary/aromatic N) is 3. The van der Waals surface area contributed by atoms with Gasteiger partial charge in [0, 0.05) is 18.2 Å². The predicted octanol–water partition coefficient (Wildman–Crippen LogP) is 7.07. The molecule has 0 amide bonds. The normalized spacial score (nSPS) is 28.2. The Labute approximate surface area is 217 Å². The van der Waals surface area contributed by atoms with Crippen molar-refractivity contribution in [3.63, 3.8) is 0 Å². The summed E-state index contributed by atoms with van der Waals surface area (Å²) in [4.78, 5) is 0. The van der Waals surface area contributed by atoms with Crippen molar-refractivity contribution in [3.8, 4) is 11.4 Å². The average Bonchev–Trinajstić information content (AvgIpc) is 3.26. The molecule has 0 saturated carbocycles. The zero-order valence-electron chi connectivity index (χ0n) is 23.8. The van der Waals surface area contributed by atoms with E-state index in [1.807, 2.05) is 0 Å². The standard InChI is InChI=1S/C31H42N3OSi/c1-12-30(8)20-16-15-17-23-26(20)27-33(31(30,13-2)14-3)24-18-21-22(29(6,7)35-28(21,4)5)19-25(24)34(27)36(10,11)32(23)9/h13,15-19H,2,12,14H2,1,3-11H3/q+1. The molecule has 0 radical (unpaired) electrons. The first-order chi connectivity index (χ1) is 16.7. The number of anilines is 1. The van der Waals surface area contributed by atoms with Crippen LogP contribution < -0.4 is 9.13 Å². The number of rotatable bonds is 3. The summed E-state index contributed by atoms with van der Waals surface area (Å²) in [5, 5.41) is 0. The van der Waals surface area contributed by atoms with E-state index < -0.39 is 8.40 Å². The Bertz CT molecular complexity index is 1480. The number of ether oxygens (including phenoxy) is 1. The van der Waals surface area contributed by atoms with Gasteiger partial charge in [0.05, 0.1) is 16.8 Å². The molecule has 2 atom stereocenters. The molecule has 0 fully saturated rings. The van der Waals surface area contributed by atoms with Crippen LogP contribution in [0.1, 0.15) is 78.0 Å². The van der Waals surface area contributed by atoms with Gasteiger partial charge in [0.1, 0.15) is 5.54 Å². The van der Waals surface area contributed by atoms with E-state index in [0.717, 1.165) is 12.8 Å². The summed E-state index contributed by atoms with van der Waals surface area (Å²) in [7, 11) is 0.205. The molecule has 0 saturated heterocycles. The molecule has 0 bridgehead atoms. The molecule has 4 heterocycles. The highest BCUT2D eigenvalue weighted by atomic mass is 28.3. The van der Waals surface area contributed by atoms with Crippen molar-refractivity contribution in [1.82, 2.24) is 4.23 Å². The number of imidazole rings is 1. The molecule has 0 N–H and O–H groups in total. The average molecular weight is 501 g/mol. The minimum Gasteiger partial charge on any atom is -0.365 e. The van der Waals surface area contributed by atoms with Gasteiger partial charge in [-0.2, -0.15) is 0 Å². The van der Waals surface area contributed by atoms with Crippen LogP contribution in [0.3, 0.4) is 0 Å². The fourth-order valence-electron chi connectivity index (χ4n) is 8.13. The lowest BCUT2D eigenvalue weighted by Crippen LogP contribution is -2.69. The Kier molecular flexibility index (Phi) is 4.49. The van der Waals surface area contributed by atoms with Gasteiger partial charge in [0.15, 0.2) is 11.0 Å². The highest BCUT2D eigenvalue weighted by Crippen LogP contribution is 2.57. The van der Waals surface area contributed by atoms with Crippen LogP contribution in [0, 0.1) is 0 Å². The minimum atomic E-state index is -2.10. The zero-order chi connectivity index (χ0) is 26.2. The van der Waals surface area contributed by atoms with E-state index in [-0.39, 0.29) is 22.2 Å². The molecule has 1 aromatic heterocycles. The van der Waals surface area contributed by atoms with Crippen LogP contribution in [-0.2, 0) is 26.9 Å².